The van der Waals surface area contributed by atoms with Gasteiger partial charge in [-0.15, -0.1) is 11.8 Å². The molecule has 25 heavy (non-hydrogen) atoms. The Morgan fingerprint density at radius 1 is 1.32 bits per heavy atom. The van der Waals surface area contributed by atoms with E-state index in [2.05, 4.69) is 10.4 Å². The number of carbonyl (C=O) groups is 2. The zero-order valence-electron chi connectivity index (χ0n) is 13.9. The van der Waals surface area contributed by atoms with Crippen molar-refractivity contribution in [2.75, 3.05) is 11.9 Å². The molecular weight excluding hydrogens is 342 g/mol. The van der Waals surface area contributed by atoms with Crippen LogP contribution in [0.15, 0.2) is 27.9 Å². The average Bonchev–Trinajstić information content (AvgIpc) is 2.88. The first-order chi connectivity index (χ1) is 11.9. The van der Waals surface area contributed by atoms with Gasteiger partial charge in [0, 0.05) is 30.6 Å². The Morgan fingerprint density at radius 3 is 2.92 bits per heavy atom. The fourth-order valence-corrected chi connectivity index (χ4v) is 4.00. The van der Waals surface area contributed by atoms with Crippen LogP contribution in [0, 0.1) is 0 Å². The van der Waals surface area contributed by atoms with Crippen molar-refractivity contribution in [1.82, 2.24) is 19.2 Å². The Labute approximate surface area is 147 Å². The molecule has 1 aromatic carbocycles. The van der Waals surface area contributed by atoms with Gasteiger partial charge in [0.25, 0.3) is 5.91 Å². The first-order valence-corrected chi connectivity index (χ1v) is 8.85. The molecule has 2 aliphatic heterocycles. The summed E-state index contributed by atoms with van der Waals surface area (Å²) < 4.78 is 2.88. The third-order valence-electron chi connectivity index (χ3n) is 4.46. The Bertz CT molecular complexity index is 948. The van der Waals surface area contributed by atoms with E-state index in [1.54, 1.807) is 28.6 Å². The number of carbonyl (C=O) groups excluding carboxylic acids is 2. The summed E-state index contributed by atoms with van der Waals surface area (Å²) in [6, 6.07) is 5.36. The van der Waals surface area contributed by atoms with E-state index < -0.39 is 0 Å². The van der Waals surface area contributed by atoms with Crippen molar-refractivity contribution in [3.63, 3.8) is 0 Å². The van der Waals surface area contributed by atoms with Gasteiger partial charge in [0.1, 0.15) is 0 Å². The second-order valence-corrected chi connectivity index (χ2v) is 7.54. The monoisotopic (exact) mass is 359 g/mol. The highest BCUT2D eigenvalue weighted by Crippen LogP contribution is 2.36. The predicted molar refractivity (Wildman–Crippen MR) is 92.6 cm³/mol. The van der Waals surface area contributed by atoms with Crippen LogP contribution < -0.4 is 11.0 Å². The highest BCUT2D eigenvalue weighted by Gasteiger charge is 2.27. The highest BCUT2D eigenvalue weighted by molar-refractivity contribution is 8.00. The zero-order valence-corrected chi connectivity index (χ0v) is 14.7. The fourth-order valence-electron chi connectivity index (χ4n) is 3.06. The number of rotatable bonds is 1. The molecule has 0 radical (unpaired) electrons. The lowest BCUT2D eigenvalue weighted by atomic mass is 10.1. The van der Waals surface area contributed by atoms with Gasteiger partial charge in [0.15, 0.2) is 5.82 Å². The summed E-state index contributed by atoms with van der Waals surface area (Å²) in [5.74, 6) is 0.394. The summed E-state index contributed by atoms with van der Waals surface area (Å²) >= 11 is 1.48. The molecule has 2 amide bonds. The number of amides is 2. The molecular formula is C16H17N5O3S. The zero-order chi connectivity index (χ0) is 17.7. The van der Waals surface area contributed by atoms with Crippen molar-refractivity contribution >= 4 is 29.3 Å². The maximum atomic E-state index is 12.8. The second-order valence-electron chi connectivity index (χ2n) is 6.16. The van der Waals surface area contributed by atoms with Gasteiger partial charge < -0.3 is 10.2 Å². The Hall–Kier alpha value is -2.55. The third-order valence-corrected chi connectivity index (χ3v) is 5.63. The summed E-state index contributed by atoms with van der Waals surface area (Å²) in [6.07, 6.45) is 0. The van der Waals surface area contributed by atoms with Crippen molar-refractivity contribution in [3.8, 4) is 0 Å². The molecule has 2 aromatic rings. The predicted octanol–water partition coefficient (Wildman–Crippen LogP) is 0.670. The lowest BCUT2D eigenvalue weighted by molar-refractivity contribution is -0.115. The summed E-state index contributed by atoms with van der Waals surface area (Å²) in [7, 11) is 1.60. The van der Waals surface area contributed by atoms with E-state index in [0.29, 0.717) is 36.7 Å². The number of nitrogens with zero attached hydrogens (tertiary/aromatic N) is 4. The molecule has 0 saturated heterocycles. The first-order valence-electron chi connectivity index (χ1n) is 7.97. The minimum atomic E-state index is -0.162. The molecule has 1 aromatic heterocycles. The molecule has 9 heteroatoms. The van der Waals surface area contributed by atoms with E-state index in [-0.39, 0.29) is 22.8 Å². The van der Waals surface area contributed by atoms with Crippen LogP contribution in [0.5, 0.6) is 0 Å². The Balaban J connectivity index is 1.59. The van der Waals surface area contributed by atoms with Crippen LogP contribution in [0.2, 0.25) is 0 Å². The van der Waals surface area contributed by atoms with Crippen molar-refractivity contribution in [1.29, 1.82) is 0 Å². The Morgan fingerprint density at radius 2 is 2.12 bits per heavy atom. The Kier molecular flexibility index (Phi) is 3.68. The number of hydrogen-bond acceptors (Lipinski definition) is 5. The van der Waals surface area contributed by atoms with Crippen molar-refractivity contribution in [2.45, 2.75) is 30.2 Å². The van der Waals surface area contributed by atoms with Crippen LogP contribution in [-0.4, -0.2) is 42.9 Å². The number of nitrogens with one attached hydrogen (secondary N) is 1. The smallest absolute Gasteiger partial charge is 0.329 e. The molecule has 0 saturated carbocycles. The van der Waals surface area contributed by atoms with Gasteiger partial charge >= 0.3 is 5.69 Å². The van der Waals surface area contributed by atoms with Gasteiger partial charge in [0.2, 0.25) is 5.91 Å². The van der Waals surface area contributed by atoms with E-state index in [1.165, 1.54) is 16.4 Å². The molecule has 1 unspecified atom stereocenters. The van der Waals surface area contributed by atoms with Gasteiger partial charge in [-0.1, -0.05) is 0 Å². The lowest BCUT2D eigenvalue weighted by Crippen LogP contribution is -2.41. The van der Waals surface area contributed by atoms with E-state index in [0.717, 1.165) is 4.90 Å². The quantitative estimate of drug-likeness (QED) is 0.808. The van der Waals surface area contributed by atoms with Gasteiger partial charge in [-0.05, 0) is 25.1 Å². The van der Waals surface area contributed by atoms with Gasteiger partial charge in [-0.25, -0.2) is 9.48 Å². The first kappa shape index (κ1) is 15.9. The summed E-state index contributed by atoms with van der Waals surface area (Å²) in [4.78, 5) is 39.2. The summed E-state index contributed by atoms with van der Waals surface area (Å²) in [5.41, 5.74) is 1.02. The van der Waals surface area contributed by atoms with Crippen LogP contribution in [-0.2, 0) is 24.9 Å². The molecule has 3 heterocycles. The minimum absolute atomic E-state index is 0.0578. The van der Waals surface area contributed by atoms with Crippen molar-refractivity contribution in [2.24, 2.45) is 7.05 Å². The molecule has 1 atom stereocenters. The molecule has 0 spiro atoms. The number of fused-ring (bicyclic) bond motifs is 2. The van der Waals surface area contributed by atoms with Crippen LogP contribution in [0.4, 0.5) is 5.69 Å². The summed E-state index contributed by atoms with van der Waals surface area (Å²) in [5, 5.41) is 6.88. The highest BCUT2D eigenvalue weighted by atomic mass is 32.2. The van der Waals surface area contributed by atoms with Gasteiger partial charge in [-0.3, -0.25) is 14.2 Å². The molecule has 2 aliphatic rings. The van der Waals surface area contributed by atoms with Crippen LogP contribution in [0.1, 0.15) is 23.1 Å². The van der Waals surface area contributed by atoms with E-state index in [9.17, 15) is 14.4 Å². The SMILES string of the molecule is CC1Sc2ccc(C(=O)N3CCn4c(nn(C)c4=O)C3)cc2NC1=O. The second kappa shape index (κ2) is 5.76. The van der Waals surface area contributed by atoms with Crippen LogP contribution in [0.3, 0.4) is 0 Å². The number of aryl methyl sites for hydroxylation is 1. The topological polar surface area (TPSA) is 89.2 Å². The van der Waals surface area contributed by atoms with E-state index in [4.69, 9.17) is 0 Å². The van der Waals surface area contributed by atoms with E-state index in [1.807, 2.05) is 13.0 Å². The van der Waals surface area contributed by atoms with Gasteiger partial charge in [0.05, 0.1) is 17.5 Å². The number of anilines is 1. The third kappa shape index (κ3) is 2.64. The number of hydrogen-bond donors (Lipinski definition) is 1. The van der Waals surface area contributed by atoms with E-state index >= 15 is 0 Å². The number of benzene rings is 1. The fraction of sp³-hybridized carbons (Fsp3) is 0.375. The normalized spacial score (nSPS) is 19.2. The molecule has 4 rings (SSSR count). The largest absolute Gasteiger partial charge is 0.345 e. The standard InChI is InChI=1S/C16H17N5O3S/c1-9-14(22)17-11-7-10(3-4-12(11)25-9)15(23)20-5-6-21-13(8-20)18-19(2)16(21)24/h3-4,7,9H,5-6,8H2,1-2H3,(H,17,22). The molecule has 0 fully saturated rings. The summed E-state index contributed by atoms with van der Waals surface area (Å²) in [6.45, 7) is 3.03. The molecule has 0 aliphatic carbocycles. The van der Waals surface area contributed by atoms with Crippen molar-refractivity contribution < 1.29 is 9.59 Å². The van der Waals surface area contributed by atoms with Gasteiger partial charge in [-0.2, -0.15) is 5.10 Å². The molecule has 130 valence electrons. The maximum Gasteiger partial charge on any atom is 0.345 e. The molecule has 8 nitrogen and oxygen atoms in total. The maximum absolute atomic E-state index is 12.8. The average molecular weight is 359 g/mol. The van der Waals surface area contributed by atoms with Crippen molar-refractivity contribution in [3.05, 3.63) is 40.1 Å². The lowest BCUT2D eigenvalue weighted by Gasteiger charge is -2.27. The molecule has 0 bridgehead atoms. The minimum Gasteiger partial charge on any atom is -0.329 e. The van der Waals surface area contributed by atoms with Crippen LogP contribution in [0.25, 0.3) is 0 Å². The van der Waals surface area contributed by atoms with Crippen LogP contribution >= 0.6 is 11.8 Å². The number of aromatic nitrogens is 3. The number of thioether (sulfide) groups is 1. The molecule has 1 N–H and O–H groups in total.